The van der Waals surface area contributed by atoms with Crippen molar-refractivity contribution >= 4 is 11.8 Å². The number of nitrogens with zero attached hydrogens (tertiary/aromatic N) is 1. The molecule has 0 aliphatic carbocycles. The van der Waals surface area contributed by atoms with Crippen molar-refractivity contribution in [3.8, 4) is 0 Å². The van der Waals surface area contributed by atoms with Crippen LogP contribution in [0.15, 0.2) is 30.3 Å². The van der Waals surface area contributed by atoms with Gasteiger partial charge in [0.2, 0.25) is 11.8 Å². The molecule has 1 aromatic carbocycles. The number of methoxy groups -OCH3 is 1. The van der Waals surface area contributed by atoms with Gasteiger partial charge in [0.1, 0.15) is 0 Å². The third kappa shape index (κ3) is 9.82. The van der Waals surface area contributed by atoms with E-state index in [0.29, 0.717) is 6.42 Å². The third-order valence-electron chi connectivity index (χ3n) is 5.63. The lowest BCUT2D eigenvalue weighted by Crippen LogP contribution is -2.51. The summed E-state index contributed by atoms with van der Waals surface area (Å²) in [6.45, 7) is 10.6. The Morgan fingerprint density at radius 1 is 1.15 bits per heavy atom. The van der Waals surface area contributed by atoms with Crippen LogP contribution in [0.25, 0.3) is 0 Å². The van der Waals surface area contributed by atoms with Crippen LogP contribution in [0, 0.1) is 5.92 Å². The molecule has 0 radical (unpaired) electrons. The number of likely N-dealkylation sites (tertiary alicyclic amines) is 1. The standard InChI is InChI=1S/C22H34N2O4.C3H8.CH4O/c1-5-10-19(25)24-14-9-13-18(24)21(28-4)15(2)22(27)23-16(3)20(26)17-11-7-6-8-12-17;1-3-2;1-2/h6-8,11-12,15-16,18,20-21,26H,5,9-10,13-14H2,1-4H3,(H,23,27);3H2,1-2H3;2H,1H3/t15-,16-,18+,20?,21-;;/m1../s1. The van der Waals surface area contributed by atoms with Gasteiger partial charge in [0.15, 0.2) is 0 Å². The van der Waals surface area contributed by atoms with Crippen LogP contribution in [-0.2, 0) is 14.3 Å². The predicted octanol–water partition coefficient (Wildman–Crippen LogP) is 3.69. The van der Waals surface area contributed by atoms with Crippen LogP contribution in [0.2, 0.25) is 0 Å². The molecule has 0 bridgehead atoms. The number of hydrogen-bond donors (Lipinski definition) is 3. The molecular weight excluding hydrogens is 420 g/mol. The van der Waals surface area contributed by atoms with E-state index in [1.165, 1.54) is 6.42 Å². The monoisotopic (exact) mass is 466 g/mol. The van der Waals surface area contributed by atoms with Crippen molar-refractivity contribution in [2.45, 2.75) is 91.0 Å². The number of rotatable bonds is 9. The second-order valence-corrected chi connectivity index (χ2v) is 8.40. The summed E-state index contributed by atoms with van der Waals surface area (Å²) in [6.07, 6.45) is 3.20. The highest BCUT2D eigenvalue weighted by atomic mass is 16.5. The van der Waals surface area contributed by atoms with E-state index in [1.54, 1.807) is 14.0 Å². The van der Waals surface area contributed by atoms with Gasteiger partial charge in [0.25, 0.3) is 0 Å². The lowest BCUT2D eigenvalue weighted by atomic mass is 9.94. The molecule has 7 nitrogen and oxygen atoms in total. The molecular formula is C26H46N2O5. The van der Waals surface area contributed by atoms with E-state index in [4.69, 9.17) is 9.84 Å². The zero-order valence-corrected chi connectivity index (χ0v) is 21.6. The minimum absolute atomic E-state index is 0.0841. The topological polar surface area (TPSA) is 99.1 Å². The summed E-state index contributed by atoms with van der Waals surface area (Å²) < 4.78 is 5.69. The van der Waals surface area contributed by atoms with E-state index in [1.807, 2.05) is 49.1 Å². The Balaban J connectivity index is 0.00000189. The van der Waals surface area contributed by atoms with Gasteiger partial charge in [0, 0.05) is 27.2 Å². The fourth-order valence-electron chi connectivity index (χ4n) is 4.02. The molecule has 5 atom stereocenters. The van der Waals surface area contributed by atoms with E-state index >= 15 is 0 Å². The van der Waals surface area contributed by atoms with Crippen LogP contribution in [0.4, 0.5) is 0 Å². The van der Waals surface area contributed by atoms with Crippen molar-refractivity contribution < 1.29 is 24.5 Å². The van der Waals surface area contributed by atoms with E-state index in [-0.39, 0.29) is 24.0 Å². The van der Waals surface area contributed by atoms with Crippen LogP contribution in [-0.4, -0.2) is 65.9 Å². The predicted molar refractivity (Wildman–Crippen MR) is 133 cm³/mol. The number of aliphatic hydroxyl groups is 2. The van der Waals surface area contributed by atoms with E-state index in [0.717, 1.165) is 38.5 Å². The summed E-state index contributed by atoms with van der Waals surface area (Å²) in [6, 6.07) is 8.76. The SMILES string of the molecule is CCC.CCCC(=O)N1CCC[C@H]1[C@H](OC)[C@@H](C)C(=O)N[C@H](C)C(O)c1ccccc1.CO. The highest BCUT2D eigenvalue weighted by molar-refractivity contribution is 5.80. The Morgan fingerprint density at radius 3 is 2.24 bits per heavy atom. The summed E-state index contributed by atoms with van der Waals surface area (Å²) in [5.41, 5.74) is 0.762. The summed E-state index contributed by atoms with van der Waals surface area (Å²) in [4.78, 5) is 27.2. The number of benzene rings is 1. The zero-order chi connectivity index (χ0) is 25.4. The second kappa shape index (κ2) is 17.5. The van der Waals surface area contributed by atoms with Crippen molar-refractivity contribution in [3.63, 3.8) is 0 Å². The lowest BCUT2D eigenvalue weighted by molar-refractivity contribution is -0.140. The number of hydrogen-bond acceptors (Lipinski definition) is 5. The van der Waals surface area contributed by atoms with Crippen molar-refractivity contribution in [1.82, 2.24) is 10.2 Å². The smallest absolute Gasteiger partial charge is 0.225 e. The Morgan fingerprint density at radius 2 is 1.73 bits per heavy atom. The second-order valence-electron chi connectivity index (χ2n) is 8.40. The normalized spacial score (nSPS) is 18.6. The average Bonchev–Trinajstić information content (AvgIpc) is 3.31. The number of carbonyl (C=O) groups is 2. The highest BCUT2D eigenvalue weighted by Gasteiger charge is 2.39. The number of ether oxygens (including phenoxy) is 1. The Bertz CT molecular complexity index is 655. The van der Waals surface area contributed by atoms with Crippen LogP contribution >= 0.6 is 0 Å². The molecule has 190 valence electrons. The van der Waals surface area contributed by atoms with Gasteiger partial charge in [-0.2, -0.15) is 0 Å². The van der Waals surface area contributed by atoms with Gasteiger partial charge in [-0.1, -0.05) is 64.4 Å². The minimum Gasteiger partial charge on any atom is -0.400 e. The number of amides is 2. The Hall–Kier alpha value is -1.96. The zero-order valence-electron chi connectivity index (χ0n) is 21.6. The van der Waals surface area contributed by atoms with Crippen LogP contribution < -0.4 is 5.32 Å². The van der Waals surface area contributed by atoms with Crippen LogP contribution in [0.1, 0.15) is 78.4 Å². The molecule has 1 aliphatic rings. The van der Waals surface area contributed by atoms with Gasteiger partial charge in [-0.15, -0.1) is 0 Å². The molecule has 1 heterocycles. The van der Waals surface area contributed by atoms with Gasteiger partial charge in [0.05, 0.1) is 30.2 Å². The first-order valence-corrected chi connectivity index (χ1v) is 12.1. The number of nitrogens with one attached hydrogen (secondary N) is 1. The van der Waals surface area contributed by atoms with E-state index < -0.39 is 18.1 Å². The van der Waals surface area contributed by atoms with E-state index in [2.05, 4.69) is 19.2 Å². The Labute approximate surface area is 200 Å². The molecule has 0 spiro atoms. The highest BCUT2D eigenvalue weighted by Crippen LogP contribution is 2.27. The van der Waals surface area contributed by atoms with Crippen molar-refractivity contribution in [3.05, 3.63) is 35.9 Å². The first-order valence-electron chi connectivity index (χ1n) is 12.1. The molecule has 1 saturated heterocycles. The minimum atomic E-state index is -0.785. The third-order valence-corrected chi connectivity index (χ3v) is 5.63. The largest absolute Gasteiger partial charge is 0.400 e. The van der Waals surface area contributed by atoms with Gasteiger partial charge in [-0.3, -0.25) is 9.59 Å². The molecule has 0 aromatic heterocycles. The maximum Gasteiger partial charge on any atom is 0.225 e. The molecule has 0 saturated carbocycles. The molecule has 1 aliphatic heterocycles. The number of carbonyl (C=O) groups excluding carboxylic acids is 2. The Kier molecular flexibility index (Phi) is 16.5. The van der Waals surface area contributed by atoms with Gasteiger partial charge >= 0.3 is 0 Å². The van der Waals surface area contributed by atoms with Crippen LogP contribution in [0.5, 0.6) is 0 Å². The number of aliphatic hydroxyl groups excluding tert-OH is 2. The van der Waals surface area contributed by atoms with Crippen molar-refractivity contribution in [2.24, 2.45) is 5.92 Å². The summed E-state index contributed by atoms with van der Waals surface area (Å²) in [5.74, 6) is -0.480. The molecule has 2 amide bonds. The molecule has 7 heteroatoms. The fraction of sp³-hybridized carbons (Fsp3) is 0.692. The maximum absolute atomic E-state index is 12.8. The molecule has 2 rings (SSSR count). The summed E-state index contributed by atoms with van der Waals surface area (Å²) >= 11 is 0. The van der Waals surface area contributed by atoms with Crippen molar-refractivity contribution in [1.29, 1.82) is 0 Å². The van der Waals surface area contributed by atoms with Gasteiger partial charge < -0.3 is 25.2 Å². The quantitative estimate of drug-likeness (QED) is 0.515. The first-order chi connectivity index (χ1) is 15.8. The van der Waals surface area contributed by atoms with Gasteiger partial charge in [-0.25, -0.2) is 0 Å². The molecule has 1 aromatic rings. The lowest BCUT2D eigenvalue weighted by Gasteiger charge is -2.34. The van der Waals surface area contributed by atoms with Crippen LogP contribution in [0.3, 0.4) is 0 Å². The summed E-state index contributed by atoms with van der Waals surface area (Å²) in [5, 5.41) is 20.4. The molecule has 1 unspecified atom stereocenters. The van der Waals surface area contributed by atoms with Crippen molar-refractivity contribution in [2.75, 3.05) is 20.8 Å². The first kappa shape index (κ1) is 31.0. The fourth-order valence-corrected chi connectivity index (χ4v) is 4.02. The average molecular weight is 467 g/mol. The summed E-state index contributed by atoms with van der Waals surface area (Å²) in [7, 11) is 2.59. The molecule has 3 N–H and O–H groups in total. The van der Waals surface area contributed by atoms with Gasteiger partial charge in [-0.05, 0) is 31.7 Å². The molecule has 1 fully saturated rings. The maximum atomic E-state index is 12.8. The molecule has 33 heavy (non-hydrogen) atoms. The van der Waals surface area contributed by atoms with E-state index in [9.17, 15) is 14.7 Å².